The number of sulfone groups is 1. The number of benzene rings is 1. The molecule has 1 amide bonds. The molecule has 5 heteroatoms. The Kier molecular flexibility index (Phi) is 5.14. The Morgan fingerprint density at radius 3 is 2.00 bits per heavy atom. The van der Waals surface area contributed by atoms with Gasteiger partial charge in [-0.15, -0.1) is 0 Å². The van der Waals surface area contributed by atoms with Crippen molar-refractivity contribution < 1.29 is 13.2 Å². The maximum atomic E-state index is 13.1. The molecular weight excluding hydrogens is 322 g/mol. The van der Waals surface area contributed by atoms with Gasteiger partial charge in [0.15, 0.2) is 9.84 Å². The third kappa shape index (κ3) is 4.00. The van der Waals surface area contributed by atoms with Crippen molar-refractivity contribution in [2.24, 2.45) is 0 Å². The highest BCUT2D eigenvalue weighted by Gasteiger charge is 2.50. The van der Waals surface area contributed by atoms with E-state index in [0.717, 1.165) is 19.3 Å². The first kappa shape index (κ1) is 19.0. The zero-order chi connectivity index (χ0) is 18.2. The molecule has 4 nitrogen and oxygen atoms in total. The smallest absolute Gasteiger partial charge is 0.254 e. The van der Waals surface area contributed by atoms with Crippen LogP contribution in [0.3, 0.4) is 0 Å². The summed E-state index contributed by atoms with van der Waals surface area (Å²) in [5.41, 5.74) is 0.403. The molecular formula is C19H29NO3S. The van der Waals surface area contributed by atoms with Gasteiger partial charge in [0, 0.05) is 5.56 Å². The lowest BCUT2D eigenvalue weighted by Crippen LogP contribution is -2.67. The molecule has 0 aliphatic carbocycles. The van der Waals surface area contributed by atoms with Crippen LogP contribution in [-0.4, -0.2) is 41.8 Å². The number of rotatable bonds is 4. The zero-order valence-electron chi connectivity index (χ0n) is 15.4. The summed E-state index contributed by atoms with van der Waals surface area (Å²) in [6.07, 6.45) is 3.30. The second-order valence-corrected chi connectivity index (χ2v) is 10.2. The first-order chi connectivity index (χ1) is 11.0. The number of amides is 1. The van der Waals surface area contributed by atoms with Gasteiger partial charge in [0.05, 0.1) is 22.6 Å². The van der Waals surface area contributed by atoms with Gasteiger partial charge in [0.2, 0.25) is 0 Å². The van der Waals surface area contributed by atoms with E-state index >= 15 is 0 Å². The molecule has 1 aromatic rings. The number of carbonyl (C=O) groups excluding carboxylic acids is 1. The molecule has 0 atom stereocenters. The number of aryl methyl sites for hydroxylation is 1. The minimum atomic E-state index is -3.16. The summed E-state index contributed by atoms with van der Waals surface area (Å²) in [4.78, 5) is 14.9. The van der Waals surface area contributed by atoms with Crippen LogP contribution in [0.15, 0.2) is 24.3 Å². The van der Waals surface area contributed by atoms with Gasteiger partial charge in [-0.05, 0) is 58.2 Å². The highest BCUT2D eigenvalue weighted by molar-refractivity contribution is 7.91. The maximum Gasteiger partial charge on any atom is 0.254 e. The minimum absolute atomic E-state index is 0.00372. The first-order valence-electron chi connectivity index (χ1n) is 8.62. The van der Waals surface area contributed by atoms with E-state index in [4.69, 9.17) is 0 Å². The Morgan fingerprint density at radius 1 is 1.04 bits per heavy atom. The number of unbranched alkanes of at least 4 members (excludes halogenated alkanes) is 1. The van der Waals surface area contributed by atoms with Gasteiger partial charge in [0.1, 0.15) is 0 Å². The molecule has 0 bridgehead atoms. The topological polar surface area (TPSA) is 54.5 Å². The maximum absolute atomic E-state index is 13.1. The summed E-state index contributed by atoms with van der Waals surface area (Å²) in [5, 5.41) is 0. The van der Waals surface area contributed by atoms with Crippen LogP contribution in [0.2, 0.25) is 0 Å². The van der Waals surface area contributed by atoms with Gasteiger partial charge >= 0.3 is 0 Å². The van der Waals surface area contributed by atoms with Crippen molar-refractivity contribution >= 4 is 15.7 Å². The first-order valence-corrected chi connectivity index (χ1v) is 10.4. The van der Waals surface area contributed by atoms with Crippen LogP contribution in [0.5, 0.6) is 0 Å². The lowest BCUT2D eigenvalue weighted by Gasteiger charge is -2.52. The SMILES string of the molecule is CCCCc1ccc(C(=O)N2C(C)(C)CS(=O)(=O)CC2(C)C)cc1. The van der Waals surface area contributed by atoms with Gasteiger partial charge in [0.25, 0.3) is 5.91 Å². The Bertz CT molecular complexity index is 679. The molecule has 0 radical (unpaired) electrons. The molecule has 2 rings (SSSR count). The number of hydrogen-bond donors (Lipinski definition) is 0. The van der Waals surface area contributed by atoms with Gasteiger partial charge in [-0.25, -0.2) is 8.42 Å². The number of hydrogen-bond acceptors (Lipinski definition) is 3. The van der Waals surface area contributed by atoms with Crippen LogP contribution in [0.1, 0.15) is 63.4 Å². The molecule has 0 unspecified atom stereocenters. The average Bonchev–Trinajstić information content (AvgIpc) is 2.41. The lowest BCUT2D eigenvalue weighted by molar-refractivity contribution is 0.0249. The normalized spacial score (nSPS) is 21.5. The molecule has 1 aliphatic rings. The van der Waals surface area contributed by atoms with E-state index in [1.807, 2.05) is 52.0 Å². The molecule has 0 N–H and O–H groups in total. The molecule has 0 saturated carbocycles. The number of carbonyl (C=O) groups is 1. The van der Waals surface area contributed by atoms with E-state index in [1.54, 1.807) is 4.90 Å². The molecule has 1 aromatic carbocycles. The molecule has 1 aliphatic heterocycles. The minimum Gasteiger partial charge on any atom is -0.326 e. The highest BCUT2D eigenvalue weighted by Crippen LogP contribution is 2.35. The van der Waals surface area contributed by atoms with Crippen LogP contribution >= 0.6 is 0 Å². The fourth-order valence-electron chi connectivity index (χ4n) is 3.95. The quantitative estimate of drug-likeness (QED) is 0.835. The standard InChI is InChI=1S/C19H29NO3S/c1-6-7-8-15-9-11-16(12-10-15)17(21)20-18(2,3)13-24(22,23)14-19(20,4)5/h9-12H,6-8,13-14H2,1-5H3. The number of nitrogens with zero attached hydrogens (tertiary/aromatic N) is 1. The van der Waals surface area contributed by atoms with Crippen molar-refractivity contribution in [1.29, 1.82) is 0 Å². The van der Waals surface area contributed by atoms with E-state index < -0.39 is 20.9 Å². The predicted molar refractivity (Wildman–Crippen MR) is 98.0 cm³/mol. The van der Waals surface area contributed by atoms with Gasteiger partial charge < -0.3 is 4.90 Å². The Balaban J connectivity index is 2.30. The molecule has 134 valence electrons. The van der Waals surface area contributed by atoms with E-state index in [9.17, 15) is 13.2 Å². The van der Waals surface area contributed by atoms with Crippen LogP contribution < -0.4 is 0 Å². The summed E-state index contributed by atoms with van der Waals surface area (Å²) in [5.74, 6) is -0.0880. The Morgan fingerprint density at radius 2 is 1.54 bits per heavy atom. The zero-order valence-corrected chi connectivity index (χ0v) is 16.2. The largest absolute Gasteiger partial charge is 0.326 e. The molecule has 1 fully saturated rings. The summed E-state index contributed by atoms with van der Waals surface area (Å²) in [7, 11) is -3.16. The predicted octanol–water partition coefficient (Wildman–Crippen LogP) is 3.46. The third-order valence-electron chi connectivity index (χ3n) is 4.58. The fraction of sp³-hybridized carbons (Fsp3) is 0.632. The average molecular weight is 352 g/mol. The second kappa shape index (κ2) is 6.51. The Labute approximate surface area is 146 Å². The monoisotopic (exact) mass is 351 g/mol. The van der Waals surface area contributed by atoms with Crippen LogP contribution in [0.25, 0.3) is 0 Å². The lowest BCUT2D eigenvalue weighted by atomic mass is 9.93. The van der Waals surface area contributed by atoms with Crippen molar-refractivity contribution in [3.63, 3.8) is 0 Å². The van der Waals surface area contributed by atoms with E-state index in [1.165, 1.54) is 5.56 Å². The van der Waals surface area contributed by atoms with Gasteiger partial charge in [-0.3, -0.25) is 4.79 Å². The summed E-state index contributed by atoms with van der Waals surface area (Å²) < 4.78 is 24.4. The van der Waals surface area contributed by atoms with Crippen molar-refractivity contribution in [3.8, 4) is 0 Å². The van der Waals surface area contributed by atoms with Crippen LogP contribution in [0.4, 0.5) is 0 Å². The Hall–Kier alpha value is -1.36. The molecule has 1 saturated heterocycles. The van der Waals surface area contributed by atoms with Crippen molar-refractivity contribution in [1.82, 2.24) is 4.90 Å². The molecule has 1 heterocycles. The third-order valence-corrected chi connectivity index (χ3v) is 6.87. The summed E-state index contributed by atoms with van der Waals surface area (Å²) in [6.45, 7) is 9.49. The molecule has 0 aromatic heterocycles. The van der Waals surface area contributed by atoms with Crippen LogP contribution in [-0.2, 0) is 16.3 Å². The molecule has 24 heavy (non-hydrogen) atoms. The second-order valence-electron chi connectivity index (χ2n) is 8.10. The van der Waals surface area contributed by atoms with Gasteiger partial charge in [-0.2, -0.15) is 0 Å². The van der Waals surface area contributed by atoms with Crippen LogP contribution in [0, 0.1) is 0 Å². The highest BCUT2D eigenvalue weighted by atomic mass is 32.2. The fourth-order valence-corrected chi connectivity index (χ4v) is 6.46. The molecule has 0 spiro atoms. The van der Waals surface area contributed by atoms with Crippen molar-refractivity contribution in [2.75, 3.05) is 11.5 Å². The summed E-state index contributed by atoms with van der Waals surface area (Å²) >= 11 is 0. The van der Waals surface area contributed by atoms with E-state index in [-0.39, 0.29) is 17.4 Å². The summed E-state index contributed by atoms with van der Waals surface area (Å²) in [6, 6.07) is 7.73. The van der Waals surface area contributed by atoms with Crippen molar-refractivity contribution in [2.45, 2.75) is 65.0 Å². The van der Waals surface area contributed by atoms with Gasteiger partial charge in [-0.1, -0.05) is 25.5 Å². The van der Waals surface area contributed by atoms with E-state index in [2.05, 4.69) is 6.92 Å². The van der Waals surface area contributed by atoms with E-state index in [0.29, 0.717) is 5.56 Å². The van der Waals surface area contributed by atoms with Crippen molar-refractivity contribution in [3.05, 3.63) is 35.4 Å².